The SMILES string of the molecule is N#CC(=Cc1ccc(-c2ccccc2)o1)C(=O)Nc1ccccc1Cl. The summed E-state index contributed by atoms with van der Waals surface area (Å²) in [6, 6.07) is 21.8. The van der Waals surface area contributed by atoms with E-state index in [1.54, 1.807) is 36.4 Å². The average molecular weight is 349 g/mol. The van der Waals surface area contributed by atoms with Gasteiger partial charge in [-0.05, 0) is 24.3 Å². The van der Waals surface area contributed by atoms with Crippen LogP contribution in [0.25, 0.3) is 17.4 Å². The van der Waals surface area contributed by atoms with Crippen molar-refractivity contribution < 1.29 is 9.21 Å². The first kappa shape index (κ1) is 16.6. The van der Waals surface area contributed by atoms with Crippen molar-refractivity contribution in [3.8, 4) is 17.4 Å². The molecule has 0 aliphatic carbocycles. The fourth-order valence-electron chi connectivity index (χ4n) is 2.23. The van der Waals surface area contributed by atoms with Crippen molar-refractivity contribution in [1.29, 1.82) is 5.26 Å². The molecule has 2 aromatic carbocycles. The van der Waals surface area contributed by atoms with Gasteiger partial charge in [0.15, 0.2) is 0 Å². The number of amides is 1. The second kappa shape index (κ2) is 7.52. The van der Waals surface area contributed by atoms with Gasteiger partial charge in [-0.25, -0.2) is 0 Å². The van der Waals surface area contributed by atoms with Gasteiger partial charge in [-0.2, -0.15) is 5.26 Å². The number of para-hydroxylation sites is 1. The highest BCUT2D eigenvalue weighted by molar-refractivity contribution is 6.34. The van der Waals surface area contributed by atoms with Gasteiger partial charge in [0.05, 0.1) is 10.7 Å². The highest BCUT2D eigenvalue weighted by atomic mass is 35.5. The van der Waals surface area contributed by atoms with Gasteiger partial charge < -0.3 is 9.73 Å². The van der Waals surface area contributed by atoms with Gasteiger partial charge in [0, 0.05) is 11.6 Å². The quantitative estimate of drug-likeness (QED) is 0.524. The van der Waals surface area contributed by atoms with Crippen molar-refractivity contribution in [2.75, 3.05) is 5.32 Å². The Bertz CT molecular complexity index is 969. The maximum Gasteiger partial charge on any atom is 0.266 e. The summed E-state index contributed by atoms with van der Waals surface area (Å²) in [5.41, 5.74) is 1.29. The van der Waals surface area contributed by atoms with Crippen LogP contribution in [0.4, 0.5) is 5.69 Å². The Kier molecular flexibility index (Phi) is 4.98. The molecule has 0 spiro atoms. The van der Waals surface area contributed by atoms with Gasteiger partial charge in [0.25, 0.3) is 5.91 Å². The first-order chi connectivity index (χ1) is 12.2. The van der Waals surface area contributed by atoms with Gasteiger partial charge in [-0.15, -0.1) is 0 Å². The molecule has 25 heavy (non-hydrogen) atoms. The largest absolute Gasteiger partial charge is 0.457 e. The Morgan fingerprint density at radius 2 is 1.76 bits per heavy atom. The van der Waals surface area contributed by atoms with E-state index in [4.69, 9.17) is 16.0 Å². The van der Waals surface area contributed by atoms with Gasteiger partial charge in [-0.1, -0.05) is 54.1 Å². The molecule has 3 rings (SSSR count). The summed E-state index contributed by atoms with van der Waals surface area (Å²) < 4.78 is 5.69. The summed E-state index contributed by atoms with van der Waals surface area (Å²) in [5.74, 6) is 0.536. The second-order valence-electron chi connectivity index (χ2n) is 5.17. The number of hydrogen-bond donors (Lipinski definition) is 1. The highest BCUT2D eigenvalue weighted by Crippen LogP contribution is 2.24. The number of nitrogens with one attached hydrogen (secondary N) is 1. The van der Waals surface area contributed by atoms with Crippen LogP contribution < -0.4 is 5.32 Å². The molecule has 122 valence electrons. The molecule has 5 heteroatoms. The number of nitriles is 1. The maximum atomic E-state index is 12.3. The standard InChI is InChI=1S/C20H13ClN2O2/c21-17-8-4-5-9-18(17)23-20(24)15(13-22)12-16-10-11-19(25-16)14-6-2-1-3-7-14/h1-12H,(H,23,24). The van der Waals surface area contributed by atoms with Crippen LogP contribution in [0.3, 0.4) is 0 Å². The van der Waals surface area contributed by atoms with E-state index in [0.29, 0.717) is 22.2 Å². The minimum atomic E-state index is -0.548. The smallest absolute Gasteiger partial charge is 0.266 e. The zero-order valence-electron chi connectivity index (χ0n) is 13.1. The predicted molar refractivity (Wildman–Crippen MR) is 97.8 cm³/mol. The topological polar surface area (TPSA) is 66.0 Å². The van der Waals surface area contributed by atoms with Crippen LogP contribution in [0.2, 0.25) is 5.02 Å². The molecule has 0 saturated heterocycles. The van der Waals surface area contributed by atoms with Crippen molar-refractivity contribution in [2.45, 2.75) is 0 Å². The third-order valence-corrected chi connectivity index (χ3v) is 3.79. The Balaban J connectivity index is 1.81. The molecule has 1 N–H and O–H groups in total. The Morgan fingerprint density at radius 1 is 1.04 bits per heavy atom. The van der Waals surface area contributed by atoms with Crippen LogP contribution in [0, 0.1) is 11.3 Å². The molecule has 0 aliphatic rings. The molecule has 0 unspecified atom stereocenters. The second-order valence-corrected chi connectivity index (χ2v) is 5.58. The minimum absolute atomic E-state index is 0.0751. The number of furan rings is 1. The highest BCUT2D eigenvalue weighted by Gasteiger charge is 2.12. The number of nitrogens with zero attached hydrogens (tertiary/aromatic N) is 1. The van der Waals surface area contributed by atoms with Crippen molar-refractivity contribution in [1.82, 2.24) is 0 Å². The molecule has 0 saturated carbocycles. The van der Waals surface area contributed by atoms with E-state index in [1.165, 1.54) is 6.08 Å². The van der Waals surface area contributed by atoms with Crippen LogP contribution in [0.5, 0.6) is 0 Å². The monoisotopic (exact) mass is 348 g/mol. The Labute approximate surface area is 150 Å². The molecular weight excluding hydrogens is 336 g/mol. The first-order valence-corrected chi connectivity index (χ1v) is 7.88. The van der Waals surface area contributed by atoms with Crippen molar-refractivity contribution >= 4 is 29.3 Å². The molecule has 0 atom stereocenters. The van der Waals surface area contributed by atoms with E-state index in [1.807, 2.05) is 36.4 Å². The first-order valence-electron chi connectivity index (χ1n) is 7.50. The zero-order chi connectivity index (χ0) is 17.6. The third-order valence-electron chi connectivity index (χ3n) is 3.46. The summed E-state index contributed by atoms with van der Waals surface area (Å²) in [6.45, 7) is 0. The van der Waals surface area contributed by atoms with Crippen LogP contribution >= 0.6 is 11.6 Å². The van der Waals surface area contributed by atoms with Crippen molar-refractivity contribution in [3.63, 3.8) is 0 Å². The van der Waals surface area contributed by atoms with E-state index < -0.39 is 5.91 Å². The van der Waals surface area contributed by atoms with Crippen molar-refractivity contribution in [2.24, 2.45) is 0 Å². The van der Waals surface area contributed by atoms with E-state index in [2.05, 4.69) is 5.32 Å². The molecule has 4 nitrogen and oxygen atoms in total. The minimum Gasteiger partial charge on any atom is -0.457 e. The molecule has 0 bridgehead atoms. The summed E-state index contributed by atoms with van der Waals surface area (Å²) in [6.07, 6.45) is 1.40. The summed E-state index contributed by atoms with van der Waals surface area (Å²) >= 11 is 6.01. The molecular formula is C20H13ClN2O2. The number of halogens is 1. The van der Waals surface area contributed by atoms with Gasteiger partial charge in [0.1, 0.15) is 23.2 Å². The van der Waals surface area contributed by atoms with Crippen molar-refractivity contribution in [3.05, 3.63) is 83.1 Å². The average Bonchev–Trinajstić information content (AvgIpc) is 3.11. The van der Waals surface area contributed by atoms with Gasteiger partial charge in [-0.3, -0.25) is 4.79 Å². The number of benzene rings is 2. The number of hydrogen-bond acceptors (Lipinski definition) is 3. The van der Waals surface area contributed by atoms with E-state index >= 15 is 0 Å². The lowest BCUT2D eigenvalue weighted by molar-refractivity contribution is -0.112. The Morgan fingerprint density at radius 3 is 2.48 bits per heavy atom. The molecule has 1 amide bonds. The molecule has 0 aliphatic heterocycles. The summed E-state index contributed by atoms with van der Waals surface area (Å²) in [7, 11) is 0. The van der Waals surface area contributed by atoms with Crippen LogP contribution in [-0.4, -0.2) is 5.91 Å². The lowest BCUT2D eigenvalue weighted by Gasteiger charge is -2.05. The maximum absolute atomic E-state index is 12.3. The van der Waals surface area contributed by atoms with Gasteiger partial charge in [0.2, 0.25) is 0 Å². The fourth-order valence-corrected chi connectivity index (χ4v) is 2.41. The number of carbonyl (C=O) groups is 1. The normalized spacial score (nSPS) is 11.0. The van der Waals surface area contributed by atoms with E-state index in [0.717, 1.165) is 5.56 Å². The molecule has 0 fully saturated rings. The predicted octanol–water partition coefficient (Wildman–Crippen LogP) is 5.15. The molecule has 1 aromatic heterocycles. The van der Waals surface area contributed by atoms with Crippen LogP contribution in [0.1, 0.15) is 5.76 Å². The van der Waals surface area contributed by atoms with E-state index in [9.17, 15) is 10.1 Å². The number of carbonyl (C=O) groups excluding carboxylic acids is 1. The number of anilines is 1. The molecule has 0 radical (unpaired) electrons. The van der Waals surface area contributed by atoms with Crippen LogP contribution in [0.15, 0.2) is 76.7 Å². The third kappa shape index (κ3) is 3.97. The Hall–Kier alpha value is -3.29. The zero-order valence-corrected chi connectivity index (χ0v) is 13.8. The van der Waals surface area contributed by atoms with Gasteiger partial charge >= 0.3 is 0 Å². The van der Waals surface area contributed by atoms with Crippen LogP contribution in [-0.2, 0) is 4.79 Å². The van der Waals surface area contributed by atoms with E-state index in [-0.39, 0.29) is 5.57 Å². The summed E-state index contributed by atoms with van der Waals surface area (Å²) in [5, 5.41) is 12.3. The number of rotatable bonds is 4. The summed E-state index contributed by atoms with van der Waals surface area (Å²) in [4.78, 5) is 12.3. The lowest BCUT2D eigenvalue weighted by atomic mass is 10.2. The lowest BCUT2D eigenvalue weighted by Crippen LogP contribution is -2.13. The fraction of sp³-hybridized carbons (Fsp3) is 0. The molecule has 1 heterocycles. The molecule has 3 aromatic rings.